The van der Waals surface area contributed by atoms with Gasteiger partial charge in [0.05, 0.1) is 24.0 Å². The third kappa shape index (κ3) is 4.26. The summed E-state index contributed by atoms with van der Waals surface area (Å²) in [5, 5.41) is 12.9. The molecule has 0 atom stereocenters. The average Bonchev–Trinajstić information content (AvgIpc) is 3.11. The highest BCUT2D eigenvalue weighted by atomic mass is 16.1. The maximum atomic E-state index is 12.0. The molecule has 0 aliphatic rings. The van der Waals surface area contributed by atoms with Gasteiger partial charge in [0.2, 0.25) is 5.91 Å². The van der Waals surface area contributed by atoms with Crippen LogP contribution in [0.5, 0.6) is 0 Å². The maximum Gasteiger partial charge on any atom is 0.221 e. The summed E-state index contributed by atoms with van der Waals surface area (Å²) >= 11 is 0. The van der Waals surface area contributed by atoms with Crippen LogP contribution in [0.3, 0.4) is 0 Å². The molecule has 0 aliphatic heterocycles. The van der Waals surface area contributed by atoms with Crippen LogP contribution in [0.15, 0.2) is 30.5 Å². The standard InChI is InChI=1S/C19H25N5O/c1-14-5-6-18-17(11-14)13-21-24(18)10-7-19(25)20-8-4-9-23-16(3)12-15(2)22-23/h5-6,11-13H,4,7-10H2,1-3H3,(H,20,25). The lowest BCUT2D eigenvalue weighted by atomic mass is 10.2. The van der Waals surface area contributed by atoms with Crippen LogP contribution in [0.2, 0.25) is 0 Å². The van der Waals surface area contributed by atoms with E-state index in [4.69, 9.17) is 0 Å². The molecule has 1 amide bonds. The zero-order valence-electron chi connectivity index (χ0n) is 15.1. The Kier molecular flexibility index (Phi) is 5.16. The molecule has 6 nitrogen and oxygen atoms in total. The fraction of sp³-hybridized carbons (Fsp3) is 0.421. The minimum Gasteiger partial charge on any atom is -0.356 e. The Balaban J connectivity index is 1.42. The van der Waals surface area contributed by atoms with E-state index in [0.29, 0.717) is 19.5 Å². The van der Waals surface area contributed by atoms with Gasteiger partial charge in [-0.3, -0.25) is 14.2 Å². The molecule has 1 aromatic carbocycles. The fourth-order valence-corrected chi connectivity index (χ4v) is 3.04. The number of nitrogens with zero attached hydrogens (tertiary/aromatic N) is 4. The van der Waals surface area contributed by atoms with E-state index in [1.807, 2.05) is 22.5 Å². The summed E-state index contributed by atoms with van der Waals surface area (Å²) in [6.07, 6.45) is 3.16. The molecule has 3 aromatic rings. The van der Waals surface area contributed by atoms with E-state index in [9.17, 15) is 4.79 Å². The van der Waals surface area contributed by atoms with E-state index in [2.05, 4.69) is 53.6 Å². The number of carbonyl (C=O) groups excluding carboxylic acids is 1. The van der Waals surface area contributed by atoms with Gasteiger partial charge in [0, 0.05) is 30.6 Å². The molecule has 0 bridgehead atoms. The Morgan fingerprint density at radius 1 is 1.12 bits per heavy atom. The first-order valence-electron chi connectivity index (χ1n) is 8.73. The van der Waals surface area contributed by atoms with Gasteiger partial charge in [-0.1, -0.05) is 11.6 Å². The van der Waals surface area contributed by atoms with E-state index in [-0.39, 0.29) is 5.91 Å². The van der Waals surface area contributed by atoms with Crippen molar-refractivity contribution in [2.45, 2.75) is 46.7 Å². The highest BCUT2D eigenvalue weighted by Crippen LogP contribution is 2.15. The molecule has 0 aliphatic carbocycles. The predicted molar refractivity (Wildman–Crippen MR) is 98.4 cm³/mol. The predicted octanol–water partition coefficient (Wildman–Crippen LogP) is 2.75. The second kappa shape index (κ2) is 7.51. The smallest absolute Gasteiger partial charge is 0.221 e. The summed E-state index contributed by atoms with van der Waals surface area (Å²) in [4.78, 5) is 12.0. The van der Waals surface area contributed by atoms with Crippen molar-refractivity contribution in [1.29, 1.82) is 0 Å². The van der Waals surface area contributed by atoms with E-state index >= 15 is 0 Å². The van der Waals surface area contributed by atoms with Crippen molar-refractivity contribution in [3.63, 3.8) is 0 Å². The van der Waals surface area contributed by atoms with Gasteiger partial charge >= 0.3 is 0 Å². The van der Waals surface area contributed by atoms with Gasteiger partial charge in [0.15, 0.2) is 0 Å². The van der Waals surface area contributed by atoms with Crippen LogP contribution >= 0.6 is 0 Å². The zero-order valence-corrected chi connectivity index (χ0v) is 15.1. The van der Waals surface area contributed by atoms with E-state index < -0.39 is 0 Å². The number of carbonyl (C=O) groups is 1. The Hall–Kier alpha value is -2.63. The van der Waals surface area contributed by atoms with E-state index in [1.54, 1.807) is 0 Å². The number of hydrogen-bond donors (Lipinski definition) is 1. The monoisotopic (exact) mass is 339 g/mol. The molecular weight excluding hydrogens is 314 g/mol. The highest BCUT2D eigenvalue weighted by molar-refractivity contribution is 5.80. The van der Waals surface area contributed by atoms with Crippen LogP contribution in [0.1, 0.15) is 29.8 Å². The van der Waals surface area contributed by atoms with E-state index in [0.717, 1.165) is 35.3 Å². The molecule has 2 aromatic heterocycles. The molecule has 0 spiro atoms. The van der Waals surface area contributed by atoms with Gasteiger partial charge in [-0.2, -0.15) is 10.2 Å². The van der Waals surface area contributed by atoms with Crippen molar-refractivity contribution in [2.24, 2.45) is 0 Å². The van der Waals surface area contributed by atoms with Crippen molar-refractivity contribution in [2.75, 3.05) is 6.54 Å². The maximum absolute atomic E-state index is 12.0. The molecule has 0 unspecified atom stereocenters. The molecule has 0 fully saturated rings. The van der Waals surface area contributed by atoms with Gasteiger partial charge in [-0.05, 0) is 45.4 Å². The minimum absolute atomic E-state index is 0.0594. The van der Waals surface area contributed by atoms with Crippen molar-refractivity contribution in [3.05, 3.63) is 47.4 Å². The second-order valence-electron chi connectivity index (χ2n) is 6.53. The number of aromatic nitrogens is 4. The molecule has 0 radical (unpaired) electrons. The number of hydrogen-bond acceptors (Lipinski definition) is 3. The number of amides is 1. The van der Waals surface area contributed by atoms with Crippen molar-refractivity contribution >= 4 is 16.8 Å². The summed E-state index contributed by atoms with van der Waals surface area (Å²) < 4.78 is 3.88. The molecule has 2 heterocycles. The summed E-state index contributed by atoms with van der Waals surface area (Å²) in [7, 11) is 0. The third-order valence-electron chi connectivity index (χ3n) is 4.32. The van der Waals surface area contributed by atoms with Crippen LogP contribution in [-0.4, -0.2) is 32.0 Å². The van der Waals surface area contributed by atoms with Crippen molar-refractivity contribution in [3.8, 4) is 0 Å². The number of nitrogens with one attached hydrogen (secondary N) is 1. The number of fused-ring (bicyclic) bond motifs is 1. The Bertz CT molecular complexity index is 877. The average molecular weight is 339 g/mol. The van der Waals surface area contributed by atoms with Gasteiger partial charge in [0.1, 0.15) is 0 Å². The lowest BCUT2D eigenvalue weighted by Crippen LogP contribution is -2.26. The molecule has 3 rings (SSSR count). The molecular formula is C19H25N5O. The van der Waals surface area contributed by atoms with Crippen molar-refractivity contribution < 1.29 is 4.79 Å². The SMILES string of the molecule is Cc1ccc2c(cnn2CCC(=O)NCCCn2nc(C)cc2C)c1. The lowest BCUT2D eigenvalue weighted by molar-refractivity contribution is -0.121. The summed E-state index contributed by atoms with van der Waals surface area (Å²) in [6, 6.07) is 8.30. The van der Waals surface area contributed by atoms with E-state index in [1.165, 1.54) is 5.56 Å². The Labute approximate surface area is 147 Å². The molecule has 6 heteroatoms. The molecule has 1 N–H and O–H groups in total. The van der Waals surface area contributed by atoms with Gasteiger partial charge < -0.3 is 5.32 Å². The Morgan fingerprint density at radius 2 is 1.96 bits per heavy atom. The minimum atomic E-state index is 0.0594. The van der Waals surface area contributed by atoms with Gasteiger partial charge in [-0.15, -0.1) is 0 Å². The van der Waals surface area contributed by atoms with Crippen LogP contribution < -0.4 is 5.32 Å². The molecule has 132 valence electrons. The topological polar surface area (TPSA) is 64.7 Å². The lowest BCUT2D eigenvalue weighted by Gasteiger charge is -2.07. The molecule has 0 saturated heterocycles. The fourth-order valence-electron chi connectivity index (χ4n) is 3.04. The molecule has 0 saturated carbocycles. The first kappa shape index (κ1) is 17.2. The summed E-state index contributed by atoms with van der Waals surface area (Å²) in [5.41, 5.74) is 4.48. The van der Waals surface area contributed by atoms with Crippen molar-refractivity contribution in [1.82, 2.24) is 24.9 Å². The van der Waals surface area contributed by atoms with Crippen LogP contribution in [0, 0.1) is 20.8 Å². The first-order chi connectivity index (χ1) is 12.0. The Morgan fingerprint density at radius 3 is 2.72 bits per heavy atom. The number of benzene rings is 1. The number of aryl methyl sites for hydroxylation is 5. The third-order valence-corrected chi connectivity index (χ3v) is 4.32. The normalized spacial score (nSPS) is 11.2. The number of rotatable bonds is 7. The van der Waals surface area contributed by atoms with Gasteiger partial charge in [0.25, 0.3) is 0 Å². The quantitative estimate of drug-likeness (QED) is 0.673. The first-order valence-corrected chi connectivity index (χ1v) is 8.73. The zero-order chi connectivity index (χ0) is 17.8. The highest BCUT2D eigenvalue weighted by Gasteiger charge is 2.06. The van der Waals surface area contributed by atoms with Crippen LogP contribution in [-0.2, 0) is 17.9 Å². The summed E-state index contributed by atoms with van der Waals surface area (Å²) in [5.74, 6) is 0.0594. The second-order valence-corrected chi connectivity index (χ2v) is 6.53. The molecule has 25 heavy (non-hydrogen) atoms. The summed E-state index contributed by atoms with van der Waals surface area (Å²) in [6.45, 7) is 8.19. The van der Waals surface area contributed by atoms with Crippen LogP contribution in [0.4, 0.5) is 0 Å². The largest absolute Gasteiger partial charge is 0.356 e. The van der Waals surface area contributed by atoms with Crippen LogP contribution in [0.25, 0.3) is 10.9 Å². The van der Waals surface area contributed by atoms with Gasteiger partial charge in [-0.25, -0.2) is 0 Å².